The van der Waals surface area contributed by atoms with E-state index in [1.807, 2.05) is 0 Å². The van der Waals surface area contributed by atoms with Gasteiger partial charge in [-0.25, -0.2) is 4.57 Å². The van der Waals surface area contributed by atoms with E-state index in [0.29, 0.717) is 13.0 Å². The molecule has 0 aromatic rings. The van der Waals surface area contributed by atoms with Gasteiger partial charge in [0.15, 0.2) is 0 Å². The summed E-state index contributed by atoms with van der Waals surface area (Å²) < 4.78 is 33.3. The van der Waals surface area contributed by atoms with Crippen LogP contribution in [0.5, 0.6) is 0 Å². The fraction of sp³-hybridized carbons (Fsp3) is 0.833. The maximum absolute atomic E-state index is 12.6. The first-order valence-corrected chi connectivity index (χ1v) is 22.5. The highest BCUT2D eigenvalue weighted by Gasteiger charge is 2.26. The minimum absolute atomic E-state index is 0.0459. The van der Waals surface area contributed by atoms with Crippen molar-refractivity contribution in [2.45, 2.75) is 193 Å². The SMILES string of the molecule is CCCCC/C=C\C/C=C\C/C=C\CCCCCCCCC(=O)OC(COCCCCCCCCCCCCCC)COP(=O)(O)OCC(O)CO. The zero-order chi connectivity index (χ0) is 38.2. The molecule has 0 aliphatic heterocycles. The molecule has 52 heavy (non-hydrogen) atoms. The molecule has 3 atom stereocenters. The van der Waals surface area contributed by atoms with E-state index in [-0.39, 0.29) is 19.6 Å². The van der Waals surface area contributed by atoms with Gasteiger partial charge in [0.25, 0.3) is 0 Å². The number of carbonyl (C=O) groups excluding carboxylic acids is 1. The number of aliphatic hydroxyl groups is 2. The Balaban J connectivity index is 4.20. The number of hydrogen-bond donors (Lipinski definition) is 3. The second-order valence-corrected chi connectivity index (χ2v) is 15.5. The van der Waals surface area contributed by atoms with E-state index in [1.165, 1.54) is 96.3 Å². The lowest BCUT2D eigenvalue weighted by atomic mass is 10.1. The van der Waals surface area contributed by atoms with Gasteiger partial charge < -0.3 is 24.6 Å². The van der Waals surface area contributed by atoms with Gasteiger partial charge in [0.05, 0.1) is 26.4 Å². The summed E-state index contributed by atoms with van der Waals surface area (Å²) in [5, 5.41) is 18.3. The summed E-state index contributed by atoms with van der Waals surface area (Å²) in [5.41, 5.74) is 0. The van der Waals surface area contributed by atoms with Gasteiger partial charge in [0, 0.05) is 13.0 Å². The first-order chi connectivity index (χ1) is 25.3. The molecule has 9 nitrogen and oxygen atoms in total. The molecule has 0 aliphatic carbocycles. The van der Waals surface area contributed by atoms with E-state index >= 15 is 0 Å². The summed E-state index contributed by atoms with van der Waals surface area (Å²) in [7, 11) is -4.52. The minimum atomic E-state index is -4.52. The van der Waals surface area contributed by atoms with Crippen LogP contribution in [0.15, 0.2) is 36.5 Å². The lowest BCUT2D eigenvalue weighted by molar-refractivity contribution is -0.154. The van der Waals surface area contributed by atoms with E-state index in [9.17, 15) is 19.4 Å². The smallest absolute Gasteiger partial charge is 0.457 e. The average molecular weight is 759 g/mol. The Morgan fingerprint density at radius 2 is 1.04 bits per heavy atom. The molecule has 306 valence electrons. The van der Waals surface area contributed by atoms with Gasteiger partial charge >= 0.3 is 13.8 Å². The molecule has 0 saturated carbocycles. The zero-order valence-electron chi connectivity index (χ0n) is 33.3. The van der Waals surface area contributed by atoms with Crippen molar-refractivity contribution < 1.29 is 43.0 Å². The Bertz CT molecular complexity index is 908. The molecule has 0 rings (SSSR count). The number of esters is 1. The van der Waals surface area contributed by atoms with Crippen molar-refractivity contribution in [3.63, 3.8) is 0 Å². The molecular formula is C42H79O9P. The highest BCUT2D eigenvalue weighted by molar-refractivity contribution is 7.47. The molecule has 3 N–H and O–H groups in total. The predicted octanol–water partition coefficient (Wildman–Crippen LogP) is 11.3. The standard InChI is InChI=1S/C42H79O9P/c1-3-5-7-9-11-13-15-17-18-19-20-21-22-23-24-26-28-30-32-34-42(45)51-41(39-50-52(46,47)49-37-40(44)36-43)38-48-35-33-31-29-27-25-16-14-12-10-8-6-4-2/h11,13,17-18,20-21,40-41,43-44H,3-10,12,14-16,19,22-39H2,1-2H3,(H,46,47)/b13-11-,18-17-,21-20-. The second kappa shape index (κ2) is 39.4. The topological polar surface area (TPSA) is 132 Å². The van der Waals surface area contributed by atoms with Crippen LogP contribution >= 0.6 is 7.82 Å². The van der Waals surface area contributed by atoms with Gasteiger partial charge in [0.1, 0.15) is 12.2 Å². The van der Waals surface area contributed by atoms with Crippen LogP contribution in [0.2, 0.25) is 0 Å². The van der Waals surface area contributed by atoms with Crippen molar-refractivity contribution in [1.82, 2.24) is 0 Å². The Morgan fingerprint density at radius 1 is 0.596 bits per heavy atom. The molecule has 10 heteroatoms. The molecule has 0 fully saturated rings. The number of aliphatic hydroxyl groups excluding tert-OH is 2. The number of carbonyl (C=O) groups is 1. The number of rotatable bonds is 40. The molecule has 0 aromatic carbocycles. The Hall–Kier alpha value is -1.32. The number of phosphoric acid groups is 1. The van der Waals surface area contributed by atoms with Crippen LogP contribution < -0.4 is 0 Å². The van der Waals surface area contributed by atoms with Crippen molar-refractivity contribution >= 4 is 13.8 Å². The van der Waals surface area contributed by atoms with Crippen LogP contribution in [-0.4, -0.2) is 66.3 Å². The molecule has 0 spiro atoms. The highest BCUT2D eigenvalue weighted by atomic mass is 31.2. The van der Waals surface area contributed by atoms with Gasteiger partial charge in [-0.2, -0.15) is 0 Å². The fourth-order valence-electron chi connectivity index (χ4n) is 5.60. The van der Waals surface area contributed by atoms with Crippen LogP contribution in [0.1, 0.15) is 181 Å². The maximum Gasteiger partial charge on any atom is 0.472 e. The van der Waals surface area contributed by atoms with Crippen molar-refractivity contribution in [3.8, 4) is 0 Å². The molecule has 0 amide bonds. The van der Waals surface area contributed by atoms with Gasteiger partial charge in [-0.1, -0.05) is 159 Å². The van der Waals surface area contributed by atoms with Gasteiger partial charge in [-0.05, 0) is 51.4 Å². The third-order valence-corrected chi connectivity index (χ3v) is 9.78. The van der Waals surface area contributed by atoms with Crippen LogP contribution in [-0.2, 0) is 27.9 Å². The Labute approximate surface area is 318 Å². The van der Waals surface area contributed by atoms with Crippen molar-refractivity contribution in [3.05, 3.63) is 36.5 Å². The zero-order valence-corrected chi connectivity index (χ0v) is 34.2. The van der Waals surface area contributed by atoms with Gasteiger partial charge in [-0.15, -0.1) is 0 Å². The van der Waals surface area contributed by atoms with Crippen molar-refractivity contribution in [2.24, 2.45) is 0 Å². The van der Waals surface area contributed by atoms with Crippen molar-refractivity contribution in [2.75, 3.05) is 33.0 Å². The first-order valence-electron chi connectivity index (χ1n) is 21.0. The molecule has 0 radical (unpaired) electrons. The number of hydrogen-bond acceptors (Lipinski definition) is 8. The van der Waals surface area contributed by atoms with Crippen LogP contribution in [0.3, 0.4) is 0 Å². The normalized spacial score (nSPS) is 14.5. The predicted molar refractivity (Wildman–Crippen MR) is 214 cm³/mol. The third-order valence-electron chi connectivity index (χ3n) is 8.83. The number of phosphoric ester groups is 1. The monoisotopic (exact) mass is 759 g/mol. The molecule has 0 saturated heterocycles. The molecule has 3 unspecified atom stereocenters. The molecule has 0 heterocycles. The van der Waals surface area contributed by atoms with Crippen LogP contribution in [0.25, 0.3) is 0 Å². The maximum atomic E-state index is 12.6. The Kier molecular flexibility index (Phi) is 38.4. The summed E-state index contributed by atoms with van der Waals surface area (Å²) in [6.45, 7) is 3.48. The largest absolute Gasteiger partial charge is 0.472 e. The number of ether oxygens (including phenoxy) is 2. The lowest BCUT2D eigenvalue weighted by Crippen LogP contribution is -2.29. The number of unbranched alkanes of at least 4 members (excludes halogenated alkanes) is 20. The van der Waals surface area contributed by atoms with E-state index in [2.05, 4.69) is 50.3 Å². The molecular weight excluding hydrogens is 679 g/mol. The Morgan fingerprint density at radius 3 is 1.60 bits per heavy atom. The fourth-order valence-corrected chi connectivity index (χ4v) is 6.39. The summed E-state index contributed by atoms with van der Waals surface area (Å²) in [6, 6.07) is 0. The van der Waals surface area contributed by atoms with E-state index in [1.54, 1.807) is 0 Å². The lowest BCUT2D eigenvalue weighted by Gasteiger charge is -2.20. The van der Waals surface area contributed by atoms with Crippen LogP contribution in [0, 0.1) is 0 Å². The highest BCUT2D eigenvalue weighted by Crippen LogP contribution is 2.43. The average Bonchev–Trinajstić information content (AvgIpc) is 3.13. The van der Waals surface area contributed by atoms with Gasteiger partial charge in [-0.3, -0.25) is 13.8 Å². The van der Waals surface area contributed by atoms with Crippen molar-refractivity contribution in [1.29, 1.82) is 0 Å². The summed E-state index contributed by atoms with van der Waals surface area (Å²) >= 11 is 0. The molecule has 0 bridgehead atoms. The minimum Gasteiger partial charge on any atom is -0.457 e. The van der Waals surface area contributed by atoms with Gasteiger partial charge in [0.2, 0.25) is 0 Å². The van der Waals surface area contributed by atoms with E-state index < -0.39 is 39.2 Å². The second-order valence-electron chi connectivity index (χ2n) is 14.0. The van der Waals surface area contributed by atoms with E-state index in [0.717, 1.165) is 57.8 Å². The number of allylic oxidation sites excluding steroid dienone is 6. The molecule has 0 aliphatic rings. The summed E-state index contributed by atoms with van der Waals surface area (Å²) in [5.74, 6) is -0.394. The summed E-state index contributed by atoms with van der Waals surface area (Å²) in [6.07, 6.45) is 40.9. The van der Waals surface area contributed by atoms with E-state index in [4.69, 9.17) is 23.6 Å². The summed E-state index contributed by atoms with van der Waals surface area (Å²) in [4.78, 5) is 22.5. The first kappa shape index (κ1) is 50.7. The van der Waals surface area contributed by atoms with Crippen LogP contribution in [0.4, 0.5) is 0 Å². The third kappa shape index (κ3) is 38.4. The molecule has 0 aromatic heterocycles. The quantitative estimate of drug-likeness (QED) is 0.0242.